The summed E-state index contributed by atoms with van der Waals surface area (Å²) in [6, 6.07) is 4.68. The van der Waals surface area contributed by atoms with Gasteiger partial charge in [-0.25, -0.2) is 4.98 Å². The number of ether oxygens (including phenoxy) is 1. The lowest BCUT2D eigenvalue weighted by atomic mass is 10.1. The van der Waals surface area contributed by atoms with Crippen molar-refractivity contribution in [3.05, 3.63) is 47.8 Å². The van der Waals surface area contributed by atoms with Gasteiger partial charge in [-0.15, -0.1) is 6.58 Å². The molecule has 1 aromatic carbocycles. The molecule has 0 unspecified atom stereocenters. The van der Waals surface area contributed by atoms with Gasteiger partial charge in [0.25, 0.3) is 5.91 Å². The third-order valence-corrected chi connectivity index (χ3v) is 4.71. The van der Waals surface area contributed by atoms with Crippen molar-refractivity contribution in [1.29, 1.82) is 0 Å². The molecule has 3 N–H and O–H groups in total. The average Bonchev–Trinajstić information content (AvgIpc) is 3.23. The Morgan fingerprint density at radius 1 is 1.43 bits per heavy atom. The van der Waals surface area contributed by atoms with Crippen LogP contribution in [0.4, 0.5) is 5.95 Å². The van der Waals surface area contributed by atoms with Gasteiger partial charge in [0.1, 0.15) is 23.6 Å². The fraction of sp³-hybridized carbons (Fsp3) is 0.263. The summed E-state index contributed by atoms with van der Waals surface area (Å²) in [7, 11) is 0. The van der Waals surface area contributed by atoms with Gasteiger partial charge in [0, 0.05) is 12.1 Å². The van der Waals surface area contributed by atoms with Crippen LogP contribution in [0.3, 0.4) is 0 Å². The maximum atomic E-state index is 12.9. The second kappa shape index (κ2) is 6.52. The first-order valence-electron chi connectivity index (χ1n) is 8.89. The second-order valence-corrected chi connectivity index (χ2v) is 6.57. The van der Waals surface area contributed by atoms with Gasteiger partial charge in [-0.05, 0) is 32.0 Å². The Morgan fingerprint density at radius 2 is 2.21 bits per heavy atom. The van der Waals surface area contributed by atoms with Crippen LogP contribution >= 0.6 is 0 Å². The molecule has 0 fully saturated rings. The van der Waals surface area contributed by atoms with Gasteiger partial charge >= 0.3 is 0 Å². The number of nitrogens with one attached hydrogen (secondary N) is 1. The number of rotatable bonds is 5. The summed E-state index contributed by atoms with van der Waals surface area (Å²) in [6.07, 6.45) is 1.72. The second-order valence-electron chi connectivity index (χ2n) is 6.57. The molecule has 3 heterocycles. The minimum atomic E-state index is -0.574. The van der Waals surface area contributed by atoms with E-state index in [2.05, 4.69) is 22.0 Å². The summed E-state index contributed by atoms with van der Waals surface area (Å²) in [5.74, 6) is -0.0561. The van der Waals surface area contributed by atoms with Crippen molar-refractivity contribution >= 4 is 28.8 Å². The third kappa shape index (κ3) is 2.72. The molecule has 2 amide bonds. The summed E-state index contributed by atoms with van der Waals surface area (Å²) in [6.45, 7) is 8.47. The van der Waals surface area contributed by atoms with Crippen LogP contribution in [0.1, 0.15) is 39.5 Å². The fourth-order valence-electron chi connectivity index (χ4n) is 3.42. The number of anilines is 1. The largest absolute Gasteiger partial charge is 0.489 e. The lowest BCUT2D eigenvalue weighted by molar-refractivity contribution is 0.0995. The molecule has 0 saturated heterocycles. The number of aryl methyl sites for hydroxylation is 2. The minimum absolute atomic E-state index is 0.218. The Bertz CT molecular complexity index is 1130. The van der Waals surface area contributed by atoms with E-state index in [1.807, 2.05) is 18.4 Å². The molecule has 28 heavy (non-hydrogen) atoms. The fourth-order valence-corrected chi connectivity index (χ4v) is 3.42. The Kier molecular flexibility index (Phi) is 4.14. The van der Waals surface area contributed by atoms with Crippen LogP contribution in [0.25, 0.3) is 11.0 Å². The zero-order valence-electron chi connectivity index (χ0n) is 15.6. The number of hydrogen-bond acceptors (Lipinski definition) is 5. The third-order valence-electron chi connectivity index (χ3n) is 4.71. The van der Waals surface area contributed by atoms with Crippen LogP contribution in [0, 0.1) is 6.92 Å². The number of nitrogens with zero attached hydrogens (tertiary/aromatic N) is 4. The molecule has 0 spiro atoms. The SMILES string of the molecule is C=C[C@H]1COc2cc(C(N)=O)cc3nc(NC(=O)c4cc(C)nn4CC)n1c23. The molecule has 0 aliphatic carbocycles. The van der Waals surface area contributed by atoms with E-state index in [0.29, 0.717) is 47.1 Å². The van der Waals surface area contributed by atoms with Gasteiger partial charge in [-0.2, -0.15) is 5.10 Å². The number of carbonyl (C=O) groups is 2. The van der Waals surface area contributed by atoms with Crippen LogP contribution in [0.2, 0.25) is 0 Å². The number of hydrogen-bond donors (Lipinski definition) is 2. The summed E-state index contributed by atoms with van der Waals surface area (Å²) < 4.78 is 9.25. The molecule has 9 nitrogen and oxygen atoms in total. The van der Waals surface area contributed by atoms with Gasteiger partial charge in [0.05, 0.1) is 17.3 Å². The lowest BCUT2D eigenvalue weighted by Gasteiger charge is -2.25. The zero-order chi connectivity index (χ0) is 20.0. The normalized spacial score (nSPS) is 15.3. The standard InChI is InChI=1S/C19H20N6O3/c1-4-12-9-28-15-8-11(17(20)26)7-13-16(15)25(12)19(21-13)22-18(27)14-6-10(3)23-24(14)5-2/h4,6-8,12H,1,5,9H2,2-3H3,(H2,20,26)(H,21,22,27)/t12-/m0/s1. The predicted octanol–water partition coefficient (Wildman–Crippen LogP) is 2.03. The molecule has 4 rings (SSSR count). The van der Waals surface area contributed by atoms with Gasteiger partial charge in [-0.1, -0.05) is 6.08 Å². The van der Waals surface area contributed by atoms with Gasteiger partial charge < -0.3 is 10.5 Å². The zero-order valence-corrected chi connectivity index (χ0v) is 15.6. The van der Waals surface area contributed by atoms with Crippen LogP contribution in [0.5, 0.6) is 5.75 Å². The van der Waals surface area contributed by atoms with E-state index in [4.69, 9.17) is 10.5 Å². The van der Waals surface area contributed by atoms with Crippen molar-refractivity contribution in [2.75, 3.05) is 11.9 Å². The van der Waals surface area contributed by atoms with E-state index in [-0.39, 0.29) is 11.9 Å². The summed E-state index contributed by atoms with van der Waals surface area (Å²) in [5, 5.41) is 7.17. The Balaban J connectivity index is 1.83. The molecule has 0 saturated carbocycles. The molecule has 1 aliphatic heterocycles. The van der Waals surface area contributed by atoms with Gasteiger partial charge in [-0.3, -0.25) is 24.2 Å². The molecule has 144 valence electrons. The van der Waals surface area contributed by atoms with Crippen LogP contribution in [-0.2, 0) is 6.54 Å². The van der Waals surface area contributed by atoms with Crippen molar-refractivity contribution in [2.24, 2.45) is 5.73 Å². The van der Waals surface area contributed by atoms with Crippen molar-refractivity contribution in [2.45, 2.75) is 26.4 Å². The lowest BCUT2D eigenvalue weighted by Crippen LogP contribution is -2.25. The highest BCUT2D eigenvalue weighted by molar-refractivity contribution is 6.04. The summed E-state index contributed by atoms with van der Waals surface area (Å²) in [5.41, 5.74) is 8.09. The van der Waals surface area contributed by atoms with Crippen LogP contribution < -0.4 is 15.8 Å². The van der Waals surface area contributed by atoms with Crippen molar-refractivity contribution in [1.82, 2.24) is 19.3 Å². The van der Waals surface area contributed by atoms with E-state index >= 15 is 0 Å². The highest BCUT2D eigenvalue weighted by Crippen LogP contribution is 2.37. The number of carbonyl (C=O) groups excluding carboxylic acids is 2. The van der Waals surface area contributed by atoms with Gasteiger partial charge in [0.2, 0.25) is 11.9 Å². The topological polar surface area (TPSA) is 117 Å². The Labute approximate surface area is 160 Å². The first-order chi connectivity index (χ1) is 13.4. The van der Waals surface area contributed by atoms with Crippen molar-refractivity contribution < 1.29 is 14.3 Å². The predicted molar refractivity (Wildman–Crippen MR) is 104 cm³/mol. The highest BCUT2D eigenvalue weighted by Gasteiger charge is 2.28. The average molecular weight is 380 g/mol. The molecular weight excluding hydrogens is 360 g/mol. The molecular formula is C19H20N6O3. The maximum absolute atomic E-state index is 12.9. The monoisotopic (exact) mass is 380 g/mol. The first-order valence-corrected chi connectivity index (χ1v) is 8.89. The number of aromatic nitrogens is 4. The van der Waals surface area contributed by atoms with E-state index < -0.39 is 5.91 Å². The molecule has 0 radical (unpaired) electrons. The van der Waals surface area contributed by atoms with Gasteiger partial charge in [0.15, 0.2) is 0 Å². The molecule has 3 aromatic rings. The minimum Gasteiger partial charge on any atom is -0.489 e. The van der Waals surface area contributed by atoms with E-state index in [0.717, 1.165) is 5.69 Å². The highest BCUT2D eigenvalue weighted by atomic mass is 16.5. The Morgan fingerprint density at radius 3 is 2.89 bits per heavy atom. The molecule has 1 aliphatic rings. The molecule has 0 bridgehead atoms. The quantitative estimate of drug-likeness (QED) is 0.657. The number of imidazole rings is 1. The number of nitrogens with two attached hydrogens (primary N) is 1. The van der Waals surface area contributed by atoms with Crippen LogP contribution in [-0.4, -0.2) is 37.8 Å². The molecule has 1 atom stereocenters. The van der Waals surface area contributed by atoms with Crippen molar-refractivity contribution in [3.63, 3.8) is 0 Å². The molecule has 2 aromatic heterocycles. The van der Waals surface area contributed by atoms with Crippen LogP contribution in [0.15, 0.2) is 30.9 Å². The Hall–Kier alpha value is -3.62. The summed E-state index contributed by atoms with van der Waals surface area (Å²) in [4.78, 5) is 29.0. The van der Waals surface area contributed by atoms with E-state index in [1.165, 1.54) is 0 Å². The first kappa shape index (κ1) is 17.8. The maximum Gasteiger partial charge on any atom is 0.276 e. The van der Waals surface area contributed by atoms with Crippen molar-refractivity contribution in [3.8, 4) is 5.75 Å². The summed E-state index contributed by atoms with van der Waals surface area (Å²) >= 11 is 0. The smallest absolute Gasteiger partial charge is 0.276 e. The van der Waals surface area contributed by atoms with E-state index in [1.54, 1.807) is 29.0 Å². The van der Waals surface area contributed by atoms with E-state index in [9.17, 15) is 9.59 Å². The molecule has 9 heteroatoms. The number of primary amides is 1. The number of benzene rings is 1. The number of amides is 2.